The van der Waals surface area contributed by atoms with E-state index in [9.17, 15) is 19.8 Å². The Bertz CT molecular complexity index is 1030. The summed E-state index contributed by atoms with van der Waals surface area (Å²) in [4.78, 5) is 24.6. The Kier molecular flexibility index (Phi) is 6.52. The molecule has 0 heterocycles. The number of hydrogen-bond donors (Lipinski definition) is 4. The van der Waals surface area contributed by atoms with Crippen molar-refractivity contribution in [3.8, 4) is 22.3 Å². The van der Waals surface area contributed by atoms with Crippen molar-refractivity contribution >= 4 is 11.9 Å². The zero-order chi connectivity index (χ0) is 20.7. The van der Waals surface area contributed by atoms with Gasteiger partial charge in [0.25, 0.3) is 0 Å². The Hall–Kier alpha value is -4.09. The molecule has 4 rings (SSSR count). The first-order valence-corrected chi connectivity index (χ1v) is 8.20. The third-order valence-corrected chi connectivity index (χ3v) is 4.15. The van der Waals surface area contributed by atoms with Crippen molar-refractivity contribution in [3.05, 3.63) is 83.4 Å². The van der Waals surface area contributed by atoms with Gasteiger partial charge in [-0.05, 0) is 40.8 Å². The molecule has 28 heavy (non-hydrogen) atoms. The van der Waals surface area contributed by atoms with Gasteiger partial charge in [0.2, 0.25) is 4.91 Å². The van der Waals surface area contributed by atoms with Gasteiger partial charge in [-0.1, -0.05) is 60.7 Å². The van der Waals surface area contributed by atoms with Crippen LogP contribution in [0, 0.1) is 18.0 Å². The summed E-state index contributed by atoms with van der Waals surface area (Å²) < 4.78 is 0. The van der Waals surface area contributed by atoms with Gasteiger partial charge >= 0.3 is 11.9 Å². The van der Waals surface area contributed by atoms with Gasteiger partial charge in [-0.2, -0.15) is 0 Å². The summed E-state index contributed by atoms with van der Waals surface area (Å²) in [7, 11) is 0. The van der Waals surface area contributed by atoms with E-state index in [4.69, 9.17) is 11.1 Å². The van der Waals surface area contributed by atoms with Gasteiger partial charge < -0.3 is 10.2 Å². The number of carboxylic acids is 2. The maximum atomic E-state index is 11.3. The Labute approximate surface area is 160 Å². The highest BCUT2D eigenvalue weighted by Gasteiger charge is 2.18. The quantitative estimate of drug-likeness (QED) is 0.300. The van der Waals surface area contributed by atoms with E-state index in [2.05, 4.69) is 24.3 Å². The van der Waals surface area contributed by atoms with E-state index in [-0.39, 0.29) is 11.1 Å². The third kappa shape index (κ3) is 4.35. The average Bonchev–Trinajstić information content (AvgIpc) is 2.65. The maximum absolute atomic E-state index is 11.3. The highest BCUT2D eigenvalue weighted by atomic mass is 16.4. The van der Waals surface area contributed by atoms with Crippen molar-refractivity contribution in [3.63, 3.8) is 0 Å². The number of rotatable bonds is 3. The monoisotopic (exact) mass is 376 g/mol. The number of fused-ring (bicyclic) bond motifs is 1. The average molecular weight is 376 g/mol. The summed E-state index contributed by atoms with van der Waals surface area (Å²) in [6.45, 7) is 1.69. The molecule has 4 N–H and O–H groups in total. The molecular weight excluding hydrogens is 358 g/mol. The lowest BCUT2D eigenvalue weighted by molar-refractivity contribution is 0.0684. The second kappa shape index (κ2) is 9.02. The zero-order valence-electron chi connectivity index (χ0n) is 15.0. The van der Waals surface area contributed by atoms with E-state index in [1.54, 1.807) is 43.3 Å². The van der Waals surface area contributed by atoms with Crippen LogP contribution in [-0.4, -0.2) is 22.2 Å². The van der Waals surface area contributed by atoms with Crippen LogP contribution in [0.15, 0.2) is 66.7 Å². The molecule has 0 aromatic heterocycles. The second-order valence-electron chi connectivity index (χ2n) is 5.84. The van der Waals surface area contributed by atoms with Crippen molar-refractivity contribution in [2.45, 2.75) is 6.92 Å². The Balaban J connectivity index is 0.000000253. The minimum atomic E-state index is -1.08. The van der Waals surface area contributed by atoms with Crippen LogP contribution in [0.25, 0.3) is 22.3 Å². The Morgan fingerprint density at radius 2 is 1.25 bits per heavy atom. The van der Waals surface area contributed by atoms with E-state index < -0.39 is 11.9 Å². The molecule has 0 amide bonds. The molecule has 0 spiro atoms. The van der Waals surface area contributed by atoms with Gasteiger partial charge in [0.1, 0.15) is 11.1 Å². The smallest absolute Gasteiger partial charge is 0.336 e. The fourth-order valence-electron chi connectivity index (χ4n) is 2.74. The van der Waals surface area contributed by atoms with E-state index in [1.807, 2.05) is 4.91 Å². The largest absolute Gasteiger partial charge is 0.478 e. The molecule has 0 unspecified atom stereocenters. The molecule has 0 atom stereocenters. The molecule has 2 aromatic carbocycles. The molecule has 0 aliphatic heterocycles. The fraction of sp³-hybridized carbons (Fsp3) is 0.0476. The zero-order valence-corrected chi connectivity index (χ0v) is 15.0. The minimum Gasteiger partial charge on any atom is -0.478 e. The van der Waals surface area contributed by atoms with E-state index in [0.717, 1.165) is 0 Å². The first kappa shape index (κ1) is 20.2. The minimum absolute atomic E-state index is 0.0931. The molecule has 7 nitrogen and oxygen atoms in total. The summed E-state index contributed by atoms with van der Waals surface area (Å²) in [5, 5.41) is 18.5. The van der Waals surface area contributed by atoms with Gasteiger partial charge in [-0.25, -0.2) is 9.59 Å². The summed E-state index contributed by atoms with van der Waals surface area (Å²) in [6, 6.07) is 19.9. The van der Waals surface area contributed by atoms with Gasteiger partial charge in [-0.3, -0.25) is 0 Å². The number of benzene rings is 3. The van der Waals surface area contributed by atoms with Crippen molar-refractivity contribution in [2.24, 2.45) is 0 Å². The van der Waals surface area contributed by atoms with Crippen LogP contribution in [0.3, 0.4) is 0 Å². The molecule has 0 saturated heterocycles. The van der Waals surface area contributed by atoms with Crippen LogP contribution in [0.5, 0.6) is 0 Å². The molecule has 0 fully saturated rings. The highest BCUT2D eigenvalue weighted by Crippen LogP contribution is 2.30. The van der Waals surface area contributed by atoms with Crippen molar-refractivity contribution < 1.29 is 19.8 Å². The summed E-state index contributed by atoms with van der Waals surface area (Å²) in [5.74, 6) is -2.14. The molecule has 2 aliphatic rings. The van der Waals surface area contributed by atoms with E-state index >= 15 is 0 Å². The number of nitrogens with one attached hydrogen (secondary N) is 2. The number of aromatic carboxylic acids is 2. The van der Waals surface area contributed by atoms with Crippen LogP contribution in [0.2, 0.25) is 0 Å². The number of carbonyl (C=O) groups is 2. The molecule has 0 saturated carbocycles. The molecule has 140 valence electrons. The van der Waals surface area contributed by atoms with Crippen LogP contribution >= 0.6 is 0 Å². The second-order valence-corrected chi connectivity index (χ2v) is 5.84. The Morgan fingerprint density at radius 3 is 1.68 bits per heavy atom. The summed E-state index contributed by atoms with van der Waals surface area (Å²) >= 11 is 0. The lowest BCUT2D eigenvalue weighted by Crippen LogP contribution is -2.05. The number of nitrogens with zero attached hydrogens (tertiary/aromatic N) is 1. The summed E-state index contributed by atoms with van der Waals surface area (Å²) in [6.07, 6.45) is 0. The van der Waals surface area contributed by atoms with Gasteiger partial charge in [0, 0.05) is 0 Å². The SMILES string of the molecule is Cc1cccc(-c2ccccc2C(=O)O)c1C(=O)O.N=[N+]=N.c1cc2ccc1-2. The summed E-state index contributed by atoms with van der Waals surface area (Å²) in [5.41, 5.74) is 15.5. The first-order valence-electron chi connectivity index (χ1n) is 8.20. The topological polar surface area (TPSA) is 136 Å². The fourth-order valence-corrected chi connectivity index (χ4v) is 2.74. The molecular formula is C21H18N3O4+. The first-order chi connectivity index (χ1) is 13.4. The highest BCUT2D eigenvalue weighted by molar-refractivity contribution is 6.02. The number of aryl methyl sites for hydroxylation is 1. The van der Waals surface area contributed by atoms with Crippen molar-refractivity contribution in [1.82, 2.24) is 4.91 Å². The lowest BCUT2D eigenvalue weighted by atomic mass is 9.93. The molecule has 7 heteroatoms. The van der Waals surface area contributed by atoms with Gasteiger partial charge in [-0.15, -0.1) is 0 Å². The van der Waals surface area contributed by atoms with E-state index in [0.29, 0.717) is 16.7 Å². The van der Waals surface area contributed by atoms with Crippen LogP contribution in [-0.2, 0) is 0 Å². The molecule has 0 bridgehead atoms. The number of carboxylic acid groups (broad SMARTS) is 2. The van der Waals surface area contributed by atoms with Gasteiger partial charge in [0.05, 0.1) is 11.1 Å². The van der Waals surface area contributed by atoms with E-state index in [1.165, 1.54) is 17.2 Å². The van der Waals surface area contributed by atoms with Crippen LogP contribution < -0.4 is 4.91 Å². The predicted molar refractivity (Wildman–Crippen MR) is 104 cm³/mol. The Morgan fingerprint density at radius 1 is 0.750 bits per heavy atom. The number of hydrogen-bond acceptors (Lipinski definition) is 4. The predicted octanol–water partition coefficient (Wildman–Crippen LogP) is 4.84. The van der Waals surface area contributed by atoms with Gasteiger partial charge in [0.15, 0.2) is 0 Å². The molecule has 0 radical (unpaired) electrons. The molecule has 2 aromatic rings. The standard InChI is InChI=1S/C15H12O4.C6H4.H2N3/c1-9-5-4-8-11(13(9)15(18)19)10-6-2-3-7-12(10)14(16)17;1-2-6-4-3-5(1)6;1-3-2/h2-8H,1H3,(H,16,17)(H,18,19);1-4H;1-2H/q;;+1. The van der Waals surface area contributed by atoms with Crippen molar-refractivity contribution in [2.75, 3.05) is 0 Å². The normalized spacial score (nSPS) is 9.61. The maximum Gasteiger partial charge on any atom is 0.336 e. The van der Waals surface area contributed by atoms with Crippen LogP contribution in [0.1, 0.15) is 26.3 Å². The third-order valence-electron chi connectivity index (χ3n) is 4.15. The van der Waals surface area contributed by atoms with Crippen molar-refractivity contribution in [1.29, 1.82) is 11.1 Å². The lowest BCUT2D eigenvalue weighted by Gasteiger charge is -2.11. The molecule has 2 aliphatic carbocycles. The van der Waals surface area contributed by atoms with Crippen LogP contribution in [0.4, 0.5) is 0 Å².